The fraction of sp³-hybridized carbons (Fsp3) is 0.0769. The lowest BCUT2D eigenvalue weighted by atomic mass is 10.0. The van der Waals surface area contributed by atoms with Crippen LogP contribution < -0.4 is 0 Å². The maximum Gasteiger partial charge on any atom is 0.118 e. The normalized spacial score (nSPS) is 10.4. The third kappa shape index (κ3) is 2.16. The van der Waals surface area contributed by atoms with Crippen LogP contribution in [0.4, 0.5) is 0 Å². The van der Waals surface area contributed by atoms with E-state index < -0.39 is 0 Å². The molecule has 0 aliphatic heterocycles. The van der Waals surface area contributed by atoms with Crippen LogP contribution in [0.25, 0.3) is 11.1 Å². The van der Waals surface area contributed by atoms with Gasteiger partial charge in [0.25, 0.3) is 0 Å². The van der Waals surface area contributed by atoms with Crippen molar-refractivity contribution < 1.29 is 5.11 Å². The number of phenols is 1. The van der Waals surface area contributed by atoms with Gasteiger partial charge in [0, 0.05) is 15.6 Å². The number of rotatable bonds is 1. The number of aromatic hydroxyl groups is 1. The van der Waals surface area contributed by atoms with Crippen molar-refractivity contribution in [2.75, 3.05) is 0 Å². The Kier molecular flexibility index (Phi) is 3.08. The molecule has 0 saturated carbocycles. The highest BCUT2D eigenvalue weighted by Crippen LogP contribution is 2.32. The van der Waals surface area contributed by atoms with Gasteiger partial charge in [0.1, 0.15) is 5.75 Å². The van der Waals surface area contributed by atoms with Gasteiger partial charge in [0.05, 0.1) is 0 Å². The number of aryl methyl sites for hydroxylation is 1. The Morgan fingerprint density at radius 1 is 1.00 bits per heavy atom. The highest BCUT2D eigenvalue weighted by molar-refractivity contribution is 6.36. The molecule has 0 heterocycles. The molecular formula is C13H10Cl2O. The third-order valence-corrected chi connectivity index (χ3v) is 2.99. The van der Waals surface area contributed by atoms with E-state index in [4.69, 9.17) is 23.2 Å². The van der Waals surface area contributed by atoms with E-state index in [1.807, 2.05) is 25.1 Å². The summed E-state index contributed by atoms with van der Waals surface area (Å²) in [4.78, 5) is 0. The van der Waals surface area contributed by atoms with Crippen LogP contribution in [0.3, 0.4) is 0 Å². The summed E-state index contributed by atoms with van der Waals surface area (Å²) < 4.78 is 0. The molecule has 0 saturated heterocycles. The summed E-state index contributed by atoms with van der Waals surface area (Å²) in [5.74, 6) is 0.286. The van der Waals surface area contributed by atoms with Crippen LogP contribution in [0.15, 0.2) is 36.4 Å². The van der Waals surface area contributed by atoms with Gasteiger partial charge in [-0.15, -0.1) is 0 Å². The second-order valence-corrected chi connectivity index (χ2v) is 4.47. The van der Waals surface area contributed by atoms with Crippen LogP contribution in [0.5, 0.6) is 5.75 Å². The van der Waals surface area contributed by atoms with Crippen LogP contribution in [-0.2, 0) is 0 Å². The fourth-order valence-corrected chi connectivity index (χ4v) is 2.06. The van der Waals surface area contributed by atoms with E-state index in [1.165, 1.54) is 0 Å². The standard InChI is InChI=1S/C13H10Cl2O/c1-8-6-9(2-5-13(8)16)11-4-3-10(14)7-12(11)15/h2-7,16H,1H3. The molecular weight excluding hydrogens is 243 g/mol. The van der Waals surface area contributed by atoms with Crippen molar-refractivity contribution in [2.45, 2.75) is 6.92 Å². The van der Waals surface area contributed by atoms with Gasteiger partial charge in [0.2, 0.25) is 0 Å². The highest BCUT2D eigenvalue weighted by Gasteiger charge is 2.05. The topological polar surface area (TPSA) is 20.2 Å². The number of phenolic OH excluding ortho intramolecular Hbond substituents is 1. The van der Waals surface area contributed by atoms with Crippen molar-refractivity contribution in [1.29, 1.82) is 0 Å². The van der Waals surface area contributed by atoms with Crippen LogP contribution in [-0.4, -0.2) is 5.11 Å². The van der Waals surface area contributed by atoms with E-state index in [2.05, 4.69) is 0 Å². The van der Waals surface area contributed by atoms with Gasteiger partial charge < -0.3 is 5.11 Å². The SMILES string of the molecule is Cc1cc(-c2ccc(Cl)cc2Cl)ccc1O. The number of hydrogen-bond acceptors (Lipinski definition) is 1. The van der Waals surface area contributed by atoms with E-state index in [1.54, 1.807) is 18.2 Å². The smallest absolute Gasteiger partial charge is 0.118 e. The minimum Gasteiger partial charge on any atom is -0.508 e. The average Bonchev–Trinajstić information content (AvgIpc) is 2.22. The first kappa shape index (κ1) is 11.3. The summed E-state index contributed by atoms with van der Waals surface area (Å²) >= 11 is 11.9. The highest BCUT2D eigenvalue weighted by atomic mass is 35.5. The monoisotopic (exact) mass is 252 g/mol. The second-order valence-electron chi connectivity index (χ2n) is 3.63. The molecule has 2 aromatic carbocycles. The van der Waals surface area contributed by atoms with E-state index >= 15 is 0 Å². The molecule has 0 unspecified atom stereocenters. The molecule has 0 spiro atoms. The zero-order chi connectivity index (χ0) is 11.7. The molecule has 0 fully saturated rings. The first-order valence-corrected chi connectivity index (χ1v) is 5.58. The van der Waals surface area contributed by atoms with Gasteiger partial charge >= 0.3 is 0 Å². The minimum atomic E-state index is 0.286. The predicted octanol–water partition coefficient (Wildman–Crippen LogP) is 4.67. The van der Waals surface area contributed by atoms with Crippen LogP contribution in [0.2, 0.25) is 10.0 Å². The van der Waals surface area contributed by atoms with E-state index in [-0.39, 0.29) is 5.75 Å². The Hall–Kier alpha value is -1.18. The Morgan fingerprint density at radius 2 is 1.75 bits per heavy atom. The van der Waals surface area contributed by atoms with E-state index in [0.29, 0.717) is 10.0 Å². The Labute approximate surface area is 104 Å². The molecule has 0 atom stereocenters. The number of hydrogen-bond donors (Lipinski definition) is 1. The molecule has 16 heavy (non-hydrogen) atoms. The summed E-state index contributed by atoms with van der Waals surface area (Å²) in [6, 6.07) is 10.8. The first-order chi connectivity index (χ1) is 7.58. The minimum absolute atomic E-state index is 0.286. The van der Waals surface area contributed by atoms with Gasteiger partial charge in [0.15, 0.2) is 0 Å². The quantitative estimate of drug-likeness (QED) is 0.782. The van der Waals surface area contributed by atoms with Gasteiger partial charge in [-0.1, -0.05) is 35.3 Å². The predicted molar refractivity (Wildman–Crippen MR) is 68.3 cm³/mol. The largest absolute Gasteiger partial charge is 0.508 e. The zero-order valence-corrected chi connectivity index (χ0v) is 10.2. The maximum absolute atomic E-state index is 9.45. The molecule has 3 heteroatoms. The van der Waals surface area contributed by atoms with Crippen molar-refractivity contribution in [1.82, 2.24) is 0 Å². The van der Waals surface area contributed by atoms with Crippen molar-refractivity contribution >= 4 is 23.2 Å². The molecule has 0 amide bonds. The molecule has 0 radical (unpaired) electrons. The van der Waals surface area contributed by atoms with Gasteiger partial charge in [-0.3, -0.25) is 0 Å². The van der Waals surface area contributed by atoms with Crippen molar-refractivity contribution in [2.24, 2.45) is 0 Å². The molecule has 0 aromatic heterocycles. The molecule has 1 nitrogen and oxygen atoms in total. The van der Waals surface area contributed by atoms with Crippen LogP contribution in [0.1, 0.15) is 5.56 Å². The van der Waals surface area contributed by atoms with Gasteiger partial charge in [-0.2, -0.15) is 0 Å². The van der Waals surface area contributed by atoms with Gasteiger partial charge in [-0.05, 0) is 42.3 Å². The average molecular weight is 253 g/mol. The van der Waals surface area contributed by atoms with Crippen LogP contribution in [0, 0.1) is 6.92 Å². The van der Waals surface area contributed by atoms with E-state index in [0.717, 1.165) is 16.7 Å². The molecule has 1 N–H and O–H groups in total. The summed E-state index contributed by atoms with van der Waals surface area (Å²) in [6.45, 7) is 1.85. The zero-order valence-electron chi connectivity index (χ0n) is 8.67. The molecule has 2 aromatic rings. The molecule has 0 aliphatic carbocycles. The summed E-state index contributed by atoms with van der Waals surface area (Å²) in [5.41, 5.74) is 2.70. The maximum atomic E-state index is 9.45. The number of halogens is 2. The molecule has 0 aliphatic rings. The molecule has 82 valence electrons. The lowest BCUT2D eigenvalue weighted by Crippen LogP contribution is -1.82. The Morgan fingerprint density at radius 3 is 2.38 bits per heavy atom. The fourth-order valence-electron chi connectivity index (χ4n) is 1.55. The molecule has 2 rings (SSSR count). The van der Waals surface area contributed by atoms with E-state index in [9.17, 15) is 5.11 Å². The second kappa shape index (κ2) is 4.36. The third-order valence-electron chi connectivity index (χ3n) is 2.44. The first-order valence-electron chi connectivity index (χ1n) is 4.83. The number of benzene rings is 2. The van der Waals surface area contributed by atoms with Crippen molar-refractivity contribution in [3.8, 4) is 16.9 Å². The lowest BCUT2D eigenvalue weighted by Gasteiger charge is -2.07. The Bertz CT molecular complexity index is 535. The van der Waals surface area contributed by atoms with Crippen molar-refractivity contribution in [3.05, 3.63) is 52.0 Å². The van der Waals surface area contributed by atoms with Gasteiger partial charge in [-0.25, -0.2) is 0 Å². The summed E-state index contributed by atoms with van der Waals surface area (Å²) in [6.07, 6.45) is 0. The van der Waals surface area contributed by atoms with Crippen LogP contribution >= 0.6 is 23.2 Å². The van der Waals surface area contributed by atoms with Crippen molar-refractivity contribution in [3.63, 3.8) is 0 Å². The lowest BCUT2D eigenvalue weighted by molar-refractivity contribution is 0.471. The summed E-state index contributed by atoms with van der Waals surface area (Å²) in [5, 5.41) is 10.7. The summed E-state index contributed by atoms with van der Waals surface area (Å²) in [7, 11) is 0. The molecule has 0 bridgehead atoms. The Balaban J connectivity index is 2.54.